The van der Waals surface area contributed by atoms with Gasteiger partial charge in [0.25, 0.3) is 0 Å². The molecule has 0 heterocycles. The van der Waals surface area contributed by atoms with Crippen LogP contribution in [0, 0.1) is 0 Å². The Labute approximate surface area is 86.5 Å². The molecule has 0 aromatic carbocycles. The first-order valence-corrected chi connectivity index (χ1v) is 4.31. The molecule has 0 amide bonds. The average Bonchev–Trinajstić information content (AvgIpc) is 2.22. The molecular formula is C8H14O7. The fraction of sp³-hybridized carbons (Fsp3) is 0.750. The lowest BCUT2D eigenvalue weighted by Crippen LogP contribution is -2.17. The second kappa shape index (κ2) is 9.38. The molecule has 0 aromatic heterocycles. The normalized spacial score (nSPS) is 9.73. The maximum Gasteiger partial charge on any atom is 0.332 e. The maximum absolute atomic E-state index is 10.7. The molecule has 0 radical (unpaired) electrons. The minimum atomic E-state index is -0.651. The van der Waals surface area contributed by atoms with Gasteiger partial charge in [-0.05, 0) is 0 Å². The third-order valence-corrected chi connectivity index (χ3v) is 1.19. The van der Waals surface area contributed by atoms with Gasteiger partial charge in [-0.1, -0.05) is 0 Å². The summed E-state index contributed by atoms with van der Waals surface area (Å²) < 4.78 is 13.5. The minimum absolute atomic E-state index is 0.0908. The van der Waals surface area contributed by atoms with Crippen LogP contribution in [0.25, 0.3) is 0 Å². The number of esters is 2. The molecule has 0 aliphatic heterocycles. The van der Waals surface area contributed by atoms with Crippen LogP contribution in [-0.4, -0.2) is 55.4 Å². The van der Waals surface area contributed by atoms with Gasteiger partial charge >= 0.3 is 11.9 Å². The number of carbonyl (C=O) groups is 2. The van der Waals surface area contributed by atoms with E-state index >= 15 is 0 Å². The Hall–Kier alpha value is -1.18. The molecule has 7 nitrogen and oxygen atoms in total. The molecule has 7 heteroatoms. The van der Waals surface area contributed by atoms with Gasteiger partial charge in [0.2, 0.25) is 0 Å². The summed E-state index contributed by atoms with van der Waals surface area (Å²) >= 11 is 0. The summed E-state index contributed by atoms with van der Waals surface area (Å²) in [6, 6.07) is 0. The van der Waals surface area contributed by atoms with E-state index in [1.165, 1.54) is 0 Å². The lowest BCUT2D eigenvalue weighted by molar-refractivity contribution is -0.166. The Balaban J connectivity index is 3.30. The molecule has 0 aliphatic carbocycles. The van der Waals surface area contributed by atoms with E-state index in [0.29, 0.717) is 0 Å². The molecule has 88 valence electrons. The second-order valence-corrected chi connectivity index (χ2v) is 2.40. The number of carbonyl (C=O) groups excluding carboxylic acids is 2. The summed E-state index contributed by atoms with van der Waals surface area (Å²) in [6.45, 7) is -1.36. The molecule has 0 saturated heterocycles. The quantitative estimate of drug-likeness (QED) is 0.290. The standard InChI is InChI=1S/C8H14O7/c9-2-1-7(11)15-6-13-5-8(12)14-4-3-10/h9-10H,1-6H2. The van der Waals surface area contributed by atoms with Crippen molar-refractivity contribution in [3.63, 3.8) is 0 Å². The van der Waals surface area contributed by atoms with Crippen molar-refractivity contribution in [2.24, 2.45) is 0 Å². The van der Waals surface area contributed by atoms with Gasteiger partial charge in [-0.25, -0.2) is 4.79 Å². The zero-order chi connectivity index (χ0) is 11.5. The van der Waals surface area contributed by atoms with Crippen molar-refractivity contribution < 1.29 is 34.0 Å². The van der Waals surface area contributed by atoms with Crippen molar-refractivity contribution in [1.82, 2.24) is 0 Å². The van der Waals surface area contributed by atoms with Gasteiger partial charge in [0.1, 0.15) is 13.2 Å². The number of hydrogen-bond acceptors (Lipinski definition) is 7. The fourth-order valence-corrected chi connectivity index (χ4v) is 0.597. The topological polar surface area (TPSA) is 102 Å². The second-order valence-electron chi connectivity index (χ2n) is 2.40. The summed E-state index contributed by atoms with van der Waals surface area (Å²) in [4.78, 5) is 21.4. The molecule has 0 rings (SSSR count). The predicted octanol–water partition coefficient (Wildman–Crippen LogP) is -1.58. The first-order chi connectivity index (χ1) is 7.20. The lowest BCUT2D eigenvalue weighted by atomic mass is 10.5. The number of hydrogen-bond donors (Lipinski definition) is 2. The smallest absolute Gasteiger partial charge is 0.332 e. The fourth-order valence-electron chi connectivity index (χ4n) is 0.597. The third kappa shape index (κ3) is 9.13. The van der Waals surface area contributed by atoms with Gasteiger partial charge in [0.15, 0.2) is 6.79 Å². The molecular weight excluding hydrogens is 208 g/mol. The molecule has 0 bridgehead atoms. The highest BCUT2D eigenvalue weighted by atomic mass is 16.7. The highest BCUT2D eigenvalue weighted by molar-refractivity contribution is 5.71. The van der Waals surface area contributed by atoms with Crippen LogP contribution in [0.1, 0.15) is 6.42 Å². The van der Waals surface area contributed by atoms with E-state index in [9.17, 15) is 9.59 Å². The number of ether oxygens (including phenoxy) is 3. The van der Waals surface area contributed by atoms with E-state index in [-0.39, 0.29) is 39.6 Å². The Morgan fingerprint density at radius 2 is 1.73 bits per heavy atom. The molecule has 0 atom stereocenters. The van der Waals surface area contributed by atoms with Crippen LogP contribution in [-0.2, 0) is 23.8 Å². The summed E-state index contributed by atoms with van der Waals surface area (Å²) in [5.74, 6) is -1.26. The van der Waals surface area contributed by atoms with Crippen LogP contribution in [0.3, 0.4) is 0 Å². The Morgan fingerprint density at radius 3 is 2.33 bits per heavy atom. The van der Waals surface area contributed by atoms with Gasteiger partial charge in [0.05, 0.1) is 19.6 Å². The number of aliphatic hydroxyl groups is 2. The van der Waals surface area contributed by atoms with Gasteiger partial charge in [0, 0.05) is 0 Å². The summed E-state index contributed by atoms with van der Waals surface area (Å²) in [7, 11) is 0. The van der Waals surface area contributed by atoms with E-state index < -0.39 is 11.9 Å². The van der Waals surface area contributed by atoms with E-state index in [1.807, 2.05) is 0 Å². The van der Waals surface area contributed by atoms with Gasteiger partial charge in [-0.15, -0.1) is 0 Å². The largest absolute Gasteiger partial charge is 0.462 e. The third-order valence-electron chi connectivity index (χ3n) is 1.19. The van der Waals surface area contributed by atoms with Crippen molar-refractivity contribution in [3.05, 3.63) is 0 Å². The maximum atomic E-state index is 10.7. The molecule has 15 heavy (non-hydrogen) atoms. The van der Waals surface area contributed by atoms with Crippen molar-refractivity contribution >= 4 is 11.9 Å². The highest BCUT2D eigenvalue weighted by Gasteiger charge is 2.04. The number of rotatable bonds is 8. The van der Waals surface area contributed by atoms with Crippen molar-refractivity contribution in [2.45, 2.75) is 6.42 Å². The van der Waals surface area contributed by atoms with Gasteiger partial charge in [-0.2, -0.15) is 0 Å². The monoisotopic (exact) mass is 222 g/mol. The van der Waals surface area contributed by atoms with Crippen LogP contribution in [0.5, 0.6) is 0 Å². The zero-order valence-corrected chi connectivity index (χ0v) is 8.18. The van der Waals surface area contributed by atoms with Gasteiger partial charge in [-0.3, -0.25) is 4.79 Å². The highest BCUT2D eigenvalue weighted by Crippen LogP contribution is 1.87. The van der Waals surface area contributed by atoms with E-state index in [2.05, 4.69) is 14.2 Å². The molecule has 0 aliphatic rings. The minimum Gasteiger partial charge on any atom is -0.462 e. The molecule has 2 N–H and O–H groups in total. The van der Waals surface area contributed by atoms with E-state index in [4.69, 9.17) is 10.2 Å². The predicted molar refractivity (Wildman–Crippen MR) is 46.7 cm³/mol. The van der Waals surface area contributed by atoms with Crippen LogP contribution in [0.2, 0.25) is 0 Å². The van der Waals surface area contributed by atoms with Crippen molar-refractivity contribution in [1.29, 1.82) is 0 Å². The molecule has 0 unspecified atom stereocenters. The SMILES string of the molecule is O=C(CCO)OCOCC(=O)OCCO. The van der Waals surface area contributed by atoms with Crippen molar-refractivity contribution in [3.8, 4) is 0 Å². The van der Waals surface area contributed by atoms with E-state index in [0.717, 1.165) is 0 Å². The molecule has 0 fully saturated rings. The first kappa shape index (κ1) is 13.8. The first-order valence-electron chi connectivity index (χ1n) is 4.31. The molecule has 0 spiro atoms. The van der Waals surface area contributed by atoms with E-state index in [1.54, 1.807) is 0 Å². The zero-order valence-electron chi connectivity index (χ0n) is 8.18. The Morgan fingerprint density at radius 1 is 1.00 bits per heavy atom. The van der Waals surface area contributed by atoms with Gasteiger partial charge < -0.3 is 24.4 Å². The number of aliphatic hydroxyl groups excluding tert-OH is 2. The van der Waals surface area contributed by atoms with Crippen LogP contribution in [0.4, 0.5) is 0 Å². The molecule has 0 aromatic rings. The Kier molecular flexibility index (Phi) is 8.64. The summed E-state index contributed by atoms with van der Waals surface area (Å²) in [5, 5.41) is 16.6. The summed E-state index contributed by atoms with van der Waals surface area (Å²) in [5.41, 5.74) is 0. The lowest BCUT2D eigenvalue weighted by Gasteiger charge is -2.05. The van der Waals surface area contributed by atoms with Crippen LogP contribution >= 0.6 is 0 Å². The van der Waals surface area contributed by atoms with Crippen molar-refractivity contribution in [2.75, 3.05) is 33.2 Å². The average molecular weight is 222 g/mol. The Bertz CT molecular complexity index is 191. The summed E-state index contributed by atoms with van der Waals surface area (Å²) in [6.07, 6.45) is -0.113. The molecule has 0 saturated carbocycles. The van der Waals surface area contributed by atoms with Crippen LogP contribution in [0.15, 0.2) is 0 Å². The van der Waals surface area contributed by atoms with Crippen LogP contribution < -0.4 is 0 Å².